The molecule has 234 valence electrons. The van der Waals surface area contributed by atoms with Crippen LogP contribution in [0.2, 0.25) is 0 Å². The number of rotatable bonds is 5. The van der Waals surface area contributed by atoms with Crippen LogP contribution in [0.3, 0.4) is 0 Å². The Balaban J connectivity index is 1.38. The van der Waals surface area contributed by atoms with Crippen LogP contribution in [-0.4, -0.2) is 25.8 Å². The lowest BCUT2D eigenvalue weighted by Crippen LogP contribution is -2.57. The number of hydrogen-bond acceptors (Lipinski definition) is 3. The molecular weight excluding hydrogens is 609 g/mol. The van der Waals surface area contributed by atoms with Gasteiger partial charge in [-0.3, -0.25) is 14.0 Å². The number of para-hydroxylation sites is 5. The van der Waals surface area contributed by atoms with Crippen molar-refractivity contribution in [2.24, 2.45) is 0 Å². The fourth-order valence-electron chi connectivity index (χ4n) is 7.81. The van der Waals surface area contributed by atoms with Gasteiger partial charge in [0.15, 0.2) is 5.82 Å². The molecule has 1 aliphatic heterocycles. The average molecular weight is 640 g/mol. The summed E-state index contributed by atoms with van der Waals surface area (Å²) in [5, 5.41) is 2.40. The van der Waals surface area contributed by atoms with Crippen molar-refractivity contribution in [3.05, 3.63) is 182 Å². The van der Waals surface area contributed by atoms with Gasteiger partial charge in [0.25, 0.3) is 6.71 Å². The van der Waals surface area contributed by atoms with Gasteiger partial charge in [-0.1, -0.05) is 121 Å². The quantitative estimate of drug-likeness (QED) is 0.178. The summed E-state index contributed by atoms with van der Waals surface area (Å²) in [6, 6.07) is 60.0. The molecular formula is C44H30BN5. The summed E-state index contributed by atoms with van der Waals surface area (Å²) in [5.41, 5.74) is 10.1. The normalized spacial score (nSPS) is 12.3. The van der Waals surface area contributed by atoms with E-state index in [4.69, 9.17) is 9.97 Å². The van der Waals surface area contributed by atoms with Crippen LogP contribution in [-0.2, 0) is 0 Å². The van der Waals surface area contributed by atoms with Crippen molar-refractivity contribution in [2.75, 3.05) is 4.90 Å². The number of hydrogen-bond donors (Lipinski definition) is 0. The largest absolute Gasteiger partial charge is 0.296 e. The minimum Gasteiger partial charge on any atom is -0.296 e. The van der Waals surface area contributed by atoms with Crippen LogP contribution in [0.25, 0.3) is 44.6 Å². The molecule has 1 aliphatic rings. The lowest BCUT2D eigenvalue weighted by atomic mass is 9.35. The summed E-state index contributed by atoms with van der Waals surface area (Å²) in [5.74, 6) is 2.93. The van der Waals surface area contributed by atoms with Gasteiger partial charge in [-0.25, -0.2) is 9.97 Å². The van der Waals surface area contributed by atoms with Crippen molar-refractivity contribution < 1.29 is 0 Å². The highest BCUT2D eigenvalue weighted by Crippen LogP contribution is 2.44. The van der Waals surface area contributed by atoms with E-state index in [2.05, 4.69) is 166 Å². The summed E-state index contributed by atoms with van der Waals surface area (Å²) < 4.78 is 4.86. The van der Waals surface area contributed by atoms with E-state index < -0.39 is 0 Å². The van der Waals surface area contributed by atoms with E-state index in [0.29, 0.717) is 0 Å². The van der Waals surface area contributed by atoms with E-state index in [0.717, 1.165) is 56.6 Å². The Morgan fingerprint density at radius 2 is 0.800 bits per heavy atom. The maximum absolute atomic E-state index is 5.00. The van der Waals surface area contributed by atoms with E-state index in [1.165, 1.54) is 21.7 Å². The van der Waals surface area contributed by atoms with Gasteiger partial charge >= 0.3 is 0 Å². The van der Waals surface area contributed by atoms with Crippen LogP contribution >= 0.6 is 0 Å². The second kappa shape index (κ2) is 11.5. The Hall–Kier alpha value is -6.66. The molecule has 0 fully saturated rings. The van der Waals surface area contributed by atoms with Gasteiger partial charge in [-0.15, -0.1) is 0 Å². The molecule has 6 heteroatoms. The summed E-state index contributed by atoms with van der Waals surface area (Å²) in [7, 11) is 0. The van der Waals surface area contributed by atoms with Crippen molar-refractivity contribution in [3.63, 3.8) is 0 Å². The molecule has 0 saturated heterocycles. The first-order valence-corrected chi connectivity index (χ1v) is 17.0. The Bertz CT molecular complexity index is 2510. The third-order valence-electron chi connectivity index (χ3n) is 9.86. The Labute approximate surface area is 290 Å². The number of fused-ring (bicyclic) bond motifs is 6. The van der Waals surface area contributed by atoms with Crippen molar-refractivity contribution in [1.82, 2.24) is 19.1 Å². The monoisotopic (exact) mass is 639 g/mol. The first kappa shape index (κ1) is 28.4. The second-order valence-electron chi connectivity index (χ2n) is 12.7. The maximum atomic E-state index is 5.00. The molecule has 9 aromatic rings. The Morgan fingerprint density at radius 3 is 1.28 bits per heavy atom. The van der Waals surface area contributed by atoms with Crippen LogP contribution < -0.4 is 21.3 Å². The van der Waals surface area contributed by atoms with E-state index in [1.54, 1.807) is 0 Å². The molecule has 0 saturated carbocycles. The van der Waals surface area contributed by atoms with Crippen LogP contribution in [0.15, 0.2) is 182 Å². The Morgan fingerprint density at radius 1 is 0.400 bits per heavy atom. The van der Waals surface area contributed by atoms with Crippen LogP contribution in [0.1, 0.15) is 0 Å². The summed E-state index contributed by atoms with van der Waals surface area (Å²) in [6.45, 7) is -0.158. The van der Waals surface area contributed by atoms with Crippen molar-refractivity contribution in [3.8, 4) is 22.8 Å². The minimum absolute atomic E-state index is 0.158. The van der Waals surface area contributed by atoms with Crippen LogP contribution in [0.5, 0.6) is 0 Å². The third kappa shape index (κ3) is 4.28. The van der Waals surface area contributed by atoms with E-state index in [-0.39, 0.29) is 6.71 Å². The van der Waals surface area contributed by atoms with Gasteiger partial charge in [0.2, 0.25) is 0 Å². The number of aromatic nitrogens is 4. The van der Waals surface area contributed by atoms with E-state index in [9.17, 15) is 0 Å². The van der Waals surface area contributed by atoms with Crippen molar-refractivity contribution in [1.29, 1.82) is 0 Å². The van der Waals surface area contributed by atoms with Gasteiger partial charge in [0.05, 0.1) is 11.0 Å². The summed E-state index contributed by atoms with van der Waals surface area (Å²) >= 11 is 0. The first-order chi connectivity index (χ1) is 24.9. The minimum atomic E-state index is -0.158. The molecule has 3 aromatic heterocycles. The topological polar surface area (TPSA) is 38.9 Å². The standard InChI is InChI=1S/C44H30BN5/c1-5-17-31(18-6-1)42-46-29-32(30-47-42)45-40-36-25-13-15-27-38(36)48(33-19-7-2-8-20-33)43(40)50(35-23-11-4-12-24-35)44-41(45)37-26-14-16-28-39(37)49(44)34-21-9-3-10-22-34/h1-30H. The molecule has 0 aliphatic carbocycles. The number of nitrogens with zero attached hydrogens (tertiary/aromatic N) is 5. The van der Waals surface area contributed by atoms with Crippen LogP contribution in [0, 0.1) is 0 Å². The number of anilines is 3. The third-order valence-corrected chi connectivity index (χ3v) is 9.86. The molecule has 0 bridgehead atoms. The molecule has 50 heavy (non-hydrogen) atoms. The molecule has 0 unspecified atom stereocenters. The van der Waals surface area contributed by atoms with E-state index >= 15 is 0 Å². The zero-order valence-corrected chi connectivity index (χ0v) is 27.1. The molecule has 0 atom stereocenters. The van der Waals surface area contributed by atoms with Gasteiger partial charge in [0, 0.05) is 35.0 Å². The zero-order chi connectivity index (χ0) is 33.0. The molecule has 0 radical (unpaired) electrons. The highest BCUT2D eigenvalue weighted by Gasteiger charge is 2.44. The zero-order valence-electron chi connectivity index (χ0n) is 27.1. The smallest absolute Gasteiger partial charge is 0.256 e. The molecule has 0 N–H and O–H groups in total. The van der Waals surface area contributed by atoms with E-state index in [1.807, 2.05) is 30.6 Å². The predicted octanol–water partition coefficient (Wildman–Crippen LogP) is 8.33. The number of benzene rings is 6. The SMILES string of the molecule is c1ccc(-c2ncc(B3c4c(n(-c5ccccc5)c5ccccc45)N(c4ccccc4)c4c3c3ccccc3n4-c3ccccc3)cn2)cc1. The average Bonchev–Trinajstić information content (AvgIpc) is 3.72. The fourth-order valence-corrected chi connectivity index (χ4v) is 7.81. The predicted molar refractivity (Wildman–Crippen MR) is 207 cm³/mol. The Kier molecular flexibility index (Phi) is 6.52. The van der Waals surface area contributed by atoms with Crippen LogP contribution in [0.4, 0.5) is 17.3 Å². The van der Waals surface area contributed by atoms with Gasteiger partial charge < -0.3 is 0 Å². The molecule has 0 amide bonds. The lowest BCUT2D eigenvalue weighted by molar-refractivity contribution is 1.02. The molecule has 5 nitrogen and oxygen atoms in total. The molecule has 0 spiro atoms. The molecule has 10 rings (SSSR count). The van der Waals surface area contributed by atoms with Crippen molar-refractivity contribution in [2.45, 2.75) is 0 Å². The maximum Gasteiger partial charge on any atom is 0.256 e. The first-order valence-electron chi connectivity index (χ1n) is 17.0. The molecule has 6 aromatic carbocycles. The van der Waals surface area contributed by atoms with Gasteiger partial charge in [-0.05, 0) is 75.7 Å². The highest BCUT2D eigenvalue weighted by atomic mass is 15.3. The summed E-state index contributed by atoms with van der Waals surface area (Å²) in [4.78, 5) is 12.5. The van der Waals surface area contributed by atoms with Gasteiger partial charge in [-0.2, -0.15) is 0 Å². The molecule has 4 heterocycles. The highest BCUT2D eigenvalue weighted by molar-refractivity contribution is 7.00. The lowest BCUT2D eigenvalue weighted by Gasteiger charge is -2.36. The fraction of sp³-hybridized carbons (Fsp3) is 0. The second-order valence-corrected chi connectivity index (χ2v) is 12.7. The van der Waals surface area contributed by atoms with Crippen molar-refractivity contribution >= 4 is 62.2 Å². The summed E-state index contributed by atoms with van der Waals surface area (Å²) in [6.07, 6.45) is 4.07. The van der Waals surface area contributed by atoms with Gasteiger partial charge in [0.1, 0.15) is 11.6 Å².